The second-order valence-corrected chi connectivity index (χ2v) is 5.01. The quantitative estimate of drug-likeness (QED) is 0.853. The first-order valence-electron chi connectivity index (χ1n) is 6.09. The van der Waals surface area contributed by atoms with Gasteiger partial charge in [-0.15, -0.1) is 11.6 Å². The van der Waals surface area contributed by atoms with Crippen molar-refractivity contribution in [3.63, 3.8) is 0 Å². The topological polar surface area (TPSA) is 32.3 Å². The Bertz CT molecular complexity index is 453. The summed E-state index contributed by atoms with van der Waals surface area (Å²) in [6, 6.07) is 4.43. The van der Waals surface area contributed by atoms with E-state index in [0.717, 1.165) is 18.7 Å². The van der Waals surface area contributed by atoms with Crippen molar-refractivity contribution in [3.8, 4) is 0 Å². The monoisotopic (exact) mass is 270 g/mol. The SMILES string of the molecule is CCCNc1ccc(F)cc1N1CC(Cl)CC1=O. The van der Waals surface area contributed by atoms with E-state index in [4.69, 9.17) is 11.6 Å². The van der Waals surface area contributed by atoms with Gasteiger partial charge in [0.1, 0.15) is 5.82 Å². The molecule has 0 bridgehead atoms. The lowest BCUT2D eigenvalue weighted by molar-refractivity contribution is -0.117. The summed E-state index contributed by atoms with van der Waals surface area (Å²) in [6.07, 6.45) is 1.27. The van der Waals surface area contributed by atoms with Crippen LogP contribution in [0.15, 0.2) is 18.2 Å². The van der Waals surface area contributed by atoms with E-state index in [2.05, 4.69) is 5.32 Å². The van der Waals surface area contributed by atoms with Gasteiger partial charge in [-0.25, -0.2) is 4.39 Å². The maximum absolute atomic E-state index is 13.3. The number of nitrogens with one attached hydrogen (secondary N) is 1. The fraction of sp³-hybridized carbons (Fsp3) is 0.462. The second-order valence-electron chi connectivity index (χ2n) is 4.39. The molecule has 0 spiro atoms. The standard InChI is InChI=1S/C13H16ClFN2O/c1-2-5-16-11-4-3-10(15)7-12(11)17-8-9(14)6-13(17)18/h3-4,7,9,16H,2,5-6,8H2,1H3. The summed E-state index contributed by atoms with van der Waals surface area (Å²) in [4.78, 5) is 13.4. The fourth-order valence-electron chi connectivity index (χ4n) is 2.03. The van der Waals surface area contributed by atoms with E-state index in [1.807, 2.05) is 6.92 Å². The van der Waals surface area contributed by atoms with Gasteiger partial charge >= 0.3 is 0 Å². The van der Waals surface area contributed by atoms with Crippen LogP contribution in [0.5, 0.6) is 0 Å². The molecule has 1 N–H and O–H groups in total. The van der Waals surface area contributed by atoms with E-state index in [1.165, 1.54) is 12.1 Å². The molecule has 3 nitrogen and oxygen atoms in total. The molecule has 98 valence electrons. The third-order valence-electron chi connectivity index (χ3n) is 2.89. The summed E-state index contributed by atoms with van der Waals surface area (Å²) >= 11 is 5.97. The van der Waals surface area contributed by atoms with Crippen molar-refractivity contribution >= 4 is 28.9 Å². The van der Waals surface area contributed by atoms with Gasteiger partial charge in [0.05, 0.1) is 16.8 Å². The van der Waals surface area contributed by atoms with Gasteiger partial charge in [-0.2, -0.15) is 0 Å². The maximum Gasteiger partial charge on any atom is 0.228 e. The fourth-order valence-corrected chi connectivity index (χ4v) is 2.30. The number of benzene rings is 1. The van der Waals surface area contributed by atoms with Crippen LogP contribution in [0.1, 0.15) is 19.8 Å². The van der Waals surface area contributed by atoms with Crippen LogP contribution in [-0.2, 0) is 4.79 Å². The first-order chi connectivity index (χ1) is 8.61. The van der Waals surface area contributed by atoms with Crippen molar-refractivity contribution in [2.45, 2.75) is 25.1 Å². The number of alkyl halides is 1. The zero-order valence-electron chi connectivity index (χ0n) is 10.2. The van der Waals surface area contributed by atoms with Crippen LogP contribution in [0.3, 0.4) is 0 Å². The number of amides is 1. The Morgan fingerprint density at radius 3 is 2.94 bits per heavy atom. The zero-order chi connectivity index (χ0) is 13.1. The summed E-state index contributed by atoms with van der Waals surface area (Å²) in [6.45, 7) is 3.27. The molecule has 1 amide bonds. The molecule has 0 aliphatic carbocycles. The minimum atomic E-state index is -0.349. The van der Waals surface area contributed by atoms with Gasteiger partial charge < -0.3 is 10.2 Å². The lowest BCUT2D eigenvalue weighted by Gasteiger charge is -2.20. The Balaban J connectivity index is 2.29. The van der Waals surface area contributed by atoms with Gasteiger partial charge in [0.15, 0.2) is 0 Å². The van der Waals surface area contributed by atoms with Crippen LogP contribution in [0.25, 0.3) is 0 Å². The van der Waals surface area contributed by atoms with Crippen molar-refractivity contribution in [2.75, 3.05) is 23.3 Å². The molecule has 1 aromatic carbocycles. The van der Waals surface area contributed by atoms with E-state index < -0.39 is 0 Å². The molecule has 1 saturated heterocycles. The molecule has 5 heteroatoms. The molecule has 1 heterocycles. The summed E-state index contributed by atoms with van der Waals surface area (Å²) in [5, 5.41) is 3.00. The van der Waals surface area contributed by atoms with Crippen LogP contribution in [-0.4, -0.2) is 24.4 Å². The molecule has 2 rings (SSSR count). The zero-order valence-corrected chi connectivity index (χ0v) is 11.0. The molecule has 0 saturated carbocycles. The Labute approximate surface area is 111 Å². The molecule has 0 aromatic heterocycles. The minimum absolute atomic E-state index is 0.0554. The molecule has 1 aliphatic rings. The molecule has 18 heavy (non-hydrogen) atoms. The van der Waals surface area contributed by atoms with Crippen molar-refractivity contribution in [3.05, 3.63) is 24.0 Å². The van der Waals surface area contributed by atoms with Crippen LogP contribution in [0.2, 0.25) is 0 Å². The van der Waals surface area contributed by atoms with Gasteiger partial charge in [-0.3, -0.25) is 4.79 Å². The van der Waals surface area contributed by atoms with E-state index in [0.29, 0.717) is 18.7 Å². The van der Waals surface area contributed by atoms with Gasteiger partial charge in [0, 0.05) is 19.5 Å². The number of hydrogen-bond donors (Lipinski definition) is 1. The van der Waals surface area contributed by atoms with Crippen molar-refractivity contribution < 1.29 is 9.18 Å². The summed E-state index contributed by atoms with van der Waals surface area (Å²) < 4.78 is 13.3. The molecule has 1 aromatic rings. The largest absolute Gasteiger partial charge is 0.383 e. The number of hydrogen-bond acceptors (Lipinski definition) is 2. The molecule has 1 aliphatic heterocycles. The van der Waals surface area contributed by atoms with E-state index in [-0.39, 0.29) is 17.1 Å². The van der Waals surface area contributed by atoms with Gasteiger partial charge in [0.25, 0.3) is 0 Å². The third kappa shape index (κ3) is 2.75. The Morgan fingerprint density at radius 2 is 2.33 bits per heavy atom. The van der Waals surface area contributed by atoms with Crippen molar-refractivity contribution in [1.82, 2.24) is 0 Å². The average Bonchev–Trinajstić information content (AvgIpc) is 2.67. The number of carbonyl (C=O) groups excluding carboxylic acids is 1. The summed E-state index contributed by atoms with van der Waals surface area (Å²) in [7, 11) is 0. The smallest absolute Gasteiger partial charge is 0.228 e. The molecule has 1 atom stereocenters. The lowest BCUT2D eigenvalue weighted by atomic mass is 10.2. The number of carbonyl (C=O) groups is 1. The Kier molecular flexibility index (Phi) is 4.07. The highest BCUT2D eigenvalue weighted by Crippen LogP contribution is 2.31. The van der Waals surface area contributed by atoms with E-state index in [9.17, 15) is 9.18 Å². The van der Waals surface area contributed by atoms with Gasteiger partial charge in [-0.05, 0) is 24.6 Å². The molecule has 1 unspecified atom stereocenters. The minimum Gasteiger partial charge on any atom is -0.383 e. The highest BCUT2D eigenvalue weighted by atomic mass is 35.5. The highest BCUT2D eigenvalue weighted by molar-refractivity contribution is 6.24. The first kappa shape index (κ1) is 13.1. The predicted octanol–water partition coefficient (Wildman–Crippen LogP) is 2.99. The number of nitrogens with zero attached hydrogens (tertiary/aromatic N) is 1. The molecule has 0 radical (unpaired) electrons. The third-order valence-corrected chi connectivity index (χ3v) is 3.19. The molecular weight excluding hydrogens is 255 g/mol. The number of rotatable bonds is 4. The maximum atomic E-state index is 13.3. The van der Waals surface area contributed by atoms with Crippen LogP contribution < -0.4 is 10.2 Å². The average molecular weight is 271 g/mol. The van der Waals surface area contributed by atoms with Crippen molar-refractivity contribution in [1.29, 1.82) is 0 Å². The Hall–Kier alpha value is -1.29. The highest BCUT2D eigenvalue weighted by Gasteiger charge is 2.30. The van der Waals surface area contributed by atoms with Crippen LogP contribution in [0.4, 0.5) is 15.8 Å². The Morgan fingerprint density at radius 1 is 1.56 bits per heavy atom. The van der Waals surface area contributed by atoms with Gasteiger partial charge in [-0.1, -0.05) is 6.92 Å². The predicted molar refractivity (Wildman–Crippen MR) is 71.8 cm³/mol. The van der Waals surface area contributed by atoms with Crippen LogP contribution in [0, 0.1) is 5.82 Å². The van der Waals surface area contributed by atoms with E-state index >= 15 is 0 Å². The summed E-state index contributed by atoms with van der Waals surface area (Å²) in [5.74, 6) is -0.405. The van der Waals surface area contributed by atoms with Crippen molar-refractivity contribution in [2.24, 2.45) is 0 Å². The molecular formula is C13H16ClFN2O. The first-order valence-corrected chi connectivity index (χ1v) is 6.53. The number of anilines is 2. The second kappa shape index (κ2) is 5.57. The molecule has 1 fully saturated rings. The van der Waals surface area contributed by atoms with E-state index in [1.54, 1.807) is 11.0 Å². The van der Waals surface area contributed by atoms with Gasteiger partial charge in [0.2, 0.25) is 5.91 Å². The lowest BCUT2D eigenvalue weighted by Crippen LogP contribution is -2.26. The summed E-state index contributed by atoms with van der Waals surface area (Å²) in [5.41, 5.74) is 1.36. The number of halogens is 2. The van der Waals surface area contributed by atoms with Crippen LogP contribution >= 0.6 is 11.6 Å². The normalized spacial score (nSPS) is 19.4.